The summed E-state index contributed by atoms with van der Waals surface area (Å²) >= 11 is 5.22. The van der Waals surface area contributed by atoms with Crippen molar-refractivity contribution in [2.75, 3.05) is 6.54 Å². The molecule has 1 amide bonds. The van der Waals surface area contributed by atoms with E-state index in [2.05, 4.69) is 15.5 Å². The highest BCUT2D eigenvalue weighted by Gasteiger charge is 2.46. The summed E-state index contributed by atoms with van der Waals surface area (Å²) in [7, 11) is 0. The Balaban J connectivity index is 1.34. The smallest absolute Gasteiger partial charge is 0.223 e. The molecule has 25 heavy (non-hydrogen) atoms. The number of H-pyrrole nitrogens is 1. The number of benzene rings is 1. The lowest BCUT2D eigenvalue weighted by Crippen LogP contribution is -2.29. The van der Waals surface area contributed by atoms with Gasteiger partial charge in [-0.3, -0.25) is 9.89 Å². The van der Waals surface area contributed by atoms with Gasteiger partial charge in [0.25, 0.3) is 0 Å². The van der Waals surface area contributed by atoms with Crippen molar-refractivity contribution in [2.24, 2.45) is 5.92 Å². The van der Waals surface area contributed by atoms with Gasteiger partial charge in [0.2, 0.25) is 5.91 Å². The molecule has 0 spiro atoms. The molecule has 0 aliphatic heterocycles. The number of rotatable bonds is 6. The van der Waals surface area contributed by atoms with Crippen molar-refractivity contribution in [3.63, 3.8) is 0 Å². The highest BCUT2D eigenvalue weighted by molar-refractivity contribution is 7.71. The van der Waals surface area contributed by atoms with E-state index >= 15 is 0 Å². The molecular formula is C17H18F2N4OS. The molecule has 2 atom stereocenters. The Morgan fingerprint density at radius 1 is 1.36 bits per heavy atom. The first-order chi connectivity index (χ1) is 12.1. The number of amides is 1. The molecule has 1 heterocycles. The minimum atomic E-state index is -0.584. The maximum absolute atomic E-state index is 13.8. The standard InChI is InChI=1S/C17H18F2N4OS/c18-12-2-1-3-13(19)14(12)10-8-11(10)16(24)20-6-7-23-15(9-4-5-9)21-22-17(23)25/h1-3,9-11H,4-8H2,(H,20,24)(H,22,25)/t10-,11+/m1/s1. The van der Waals surface area contributed by atoms with E-state index in [1.807, 2.05) is 4.57 Å². The predicted molar refractivity (Wildman–Crippen MR) is 89.6 cm³/mol. The highest BCUT2D eigenvalue weighted by atomic mass is 32.1. The molecule has 4 rings (SSSR count). The largest absolute Gasteiger partial charge is 0.354 e. The molecule has 1 aromatic carbocycles. The number of nitrogens with zero attached hydrogens (tertiary/aromatic N) is 2. The van der Waals surface area contributed by atoms with Crippen LogP contribution in [0.25, 0.3) is 0 Å². The molecule has 2 aliphatic carbocycles. The minimum absolute atomic E-state index is 0.0238. The van der Waals surface area contributed by atoms with E-state index in [9.17, 15) is 13.6 Å². The Kier molecular flexibility index (Phi) is 4.15. The summed E-state index contributed by atoms with van der Waals surface area (Å²) < 4.78 is 30.0. The molecule has 0 bridgehead atoms. The average Bonchev–Trinajstić information content (AvgIpc) is 3.48. The minimum Gasteiger partial charge on any atom is -0.354 e. The number of halogens is 2. The van der Waals surface area contributed by atoms with E-state index < -0.39 is 11.6 Å². The Morgan fingerprint density at radius 2 is 2.08 bits per heavy atom. The van der Waals surface area contributed by atoms with Crippen LogP contribution in [0.15, 0.2) is 18.2 Å². The zero-order valence-corrected chi connectivity index (χ0v) is 14.3. The Hall–Kier alpha value is -2.09. The monoisotopic (exact) mass is 364 g/mol. The summed E-state index contributed by atoms with van der Waals surface area (Å²) in [5, 5.41) is 9.88. The zero-order valence-electron chi connectivity index (χ0n) is 13.5. The van der Waals surface area contributed by atoms with Crippen molar-refractivity contribution in [3.8, 4) is 0 Å². The fraction of sp³-hybridized carbons (Fsp3) is 0.471. The first kappa shape index (κ1) is 16.4. The molecule has 2 fully saturated rings. The van der Waals surface area contributed by atoms with Crippen molar-refractivity contribution in [3.05, 3.63) is 46.0 Å². The predicted octanol–water partition coefficient (Wildman–Crippen LogP) is 3.02. The van der Waals surface area contributed by atoms with Crippen LogP contribution in [0, 0.1) is 22.3 Å². The van der Waals surface area contributed by atoms with Crippen LogP contribution in [0.3, 0.4) is 0 Å². The van der Waals surface area contributed by atoms with Gasteiger partial charge in [-0.15, -0.1) is 0 Å². The number of nitrogens with one attached hydrogen (secondary N) is 2. The van der Waals surface area contributed by atoms with E-state index in [0.717, 1.165) is 18.7 Å². The second-order valence-electron chi connectivity index (χ2n) is 6.69. The summed E-state index contributed by atoms with van der Waals surface area (Å²) in [6.45, 7) is 0.952. The van der Waals surface area contributed by atoms with Crippen molar-refractivity contribution < 1.29 is 13.6 Å². The van der Waals surface area contributed by atoms with Gasteiger partial charge in [-0.05, 0) is 43.6 Å². The first-order valence-electron chi connectivity index (χ1n) is 8.43. The van der Waals surface area contributed by atoms with E-state index in [4.69, 9.17) is 12.2 Å². The number of aromatic amines is 1. The van der Waals surface area contributed by atoms with E-state index in [0.29, 0.717) is 30.2 Å². The van der Waals surface area contributed by atoms with Gasteiger partial charge < -0.3 is 9.88 Å². The summed E-state index contributed by atoms with van der Waals surface area (Å²) in [5.74, 6) is -0.683. The molecule has 0 radical (unpaired) electrons. The van der Waals surface area contributed by atoms with Crippen LogP contribution in [0.2, 0.25) is 0 Å². The van der Waals surface area contributed by atoms with Crippen molar-refractivity contribution in [1.29, 1.82) is 0 Å². The molecule has 5 nitrogen and oxygen atoms in total. The summed E-state index contributed by atoms with van der Waals surface area (Å²) in [4.78, 5) is 12.2. The van der Waals surface area contributed by atoms with E-state index in [1.165, 1.54) is 18.2 Å². The van der Waals surface area contributed by atoms with Gasteiger partial charge in [-0.2, -0.15) is 5.10 Å². The average molecular weight is 364 g/mol. The van der Waals surface area contributed by atoms with Gasteiger partial charge in [0.15, 0.2) is 4.77 Å². The molecular weight excluding hydrogens is 346 g/mol. The molecule has 2 N–H and O–H groups in total. The number of carbonyl (C=O) groups excluding carboxylic acids is 1. The topological polar surface area (TPSA) is 62.7 Å². The molecule has 2 saturated carbocycles. The van der Waals surface area contributed by atoms with Crippen LogP contribution in [0.1, 0.15) is 42.5 Å². The fourth-order valence-electron chi connectivity index (χ4n) is 3.29. The molecule has 8 heteroatoms. The molecule has 1 aromatic heterocycles. The Bertz CT molecular complexity index is 854. The fourth-order valence-corrected chi connectivity index (χ4v) is 3.52. The number of aromatic nitrogens is 3. The van der Waals surface area contributed by atoms with Crippen LogP contribution in [0.4, 0.5) is 8.78 Å². The number of hydrogen-bond acceptors (Lipinski definition) is 3. The van der Waals surface area contributed by atoms with Crippen molar-refractivity contribution >= 4 is 18.1 Å². The maximum Gasteiger partial charge on any atom is 0.223 e. The van der Waals surface area contributed by atoms with Gasteiger partial charge in [0, 0.05) is 36.4 Å². The van der Waals surface area contributed by atoms with Crippen LogP contribution in [0.5, 0.6) is 0 Å². The second kappa shape index (κ2) is 6.33. The van der Waals surface area contributed by atoms with Crippen LogP contribution in [-0.2, 0) is 11.3 Å². The van der Waals surface area contributed by atoms with Crippen LogP contribution >= 0.6 is 12.2 Å². The lowest BCUT2D eigenvalue weighted by Gasteiger charge is -2.08. The molecule has 2 aliphatic rings. The van der Waals surface area contributed by atoms with E-state index in [-0.39, 0.29) is 23.3 Å². The lowest BCUT2D eigenvalue weighted by molar-refractivity contribution is -0.122. The second-order valence-corrected chi connectivity index (χ2v) is 7.07. The van der Waals surface area contributed by atoms with Crippen LogP contribution < -0.4 is 5.32 Å². The van der Waals surface area contributed by atoms with Crippen molar-refractivity contribution in [1.82, 2.24) is 20.1 Å². The molecule has 0 saturated heterocycles. The number of hydrogen-bond donors (Lipinski definition) is 2. The number of carbonyl (C=O) groups is 1. The molecule has 2 aromatic rings. The van der Waals surface area contributed by atoms with E-state index in [1.54, 1.807) is 0 Å². The summed E-state index contributed by atoms with van der Waals surface area (Å²) in [5.41, 5.74) is 0.0238. The van der Waals surface area contributed by atoms with Gasteiger partial charge in [0.1, 0.15) is 17.5 Å². The molecule has 0 unspecified atom stereocenters. The summed E-state index contributed by atoms with van der Waals surface area (Å²) in [6.07, 6.45) is 2.70. The van der Waals surface area contributed by atoms with Gasteiger partial charge in [-0.1, -0.05) is 6.07 Å². The maximum atomic E-state index is 13.8. The molecule has 132 valence electrons. The Morgan fingerprint density at radius 3 is 2.76 bits per heavy atom. The third-order valence-corrected chi connectivity index (χ3v) is 5.17. The van der Waals surface area contributed by atoms with Gasteiger partial charge in [0.05, 0.1) is 0 Å². The van der Waals surface area contributed by atoms with Crippen molar-refractivity contribution in [2.45, 2.75) is 37.6 Å². The third-order valence-electron chi connectivity index (χ3n) is 4.86. The Labute approximate surface area is 148 Å². The van der Waals surface area contributed by atoms with Gasteiger partial charge >= 0.3 is 0 Å². The lowest BCUT2D eigenvalue weighted by atomic mass is 10.1. The quantitative estimate of drug-likeness (QED) is 0.775. The zero-order chi connectivity index (χ0) is 17.6. The van der Waals surface area contributed by atoms with Crippen LogP contribution in [-0.4, -0.2) is 27.2 Å². The SMILES string of the molecule is O=C(NCCn1c(C2CC2)n[nH]c1=S)[C@H]1C[C@H]1c1c(F)cccc1F. The summed E-state index contributed by atoms with van der Waals surface area (Å²) in [6, 6.07) is 3.79. The normalized spacial score (nSPS) is 22.0. The third kappa shape index (κ3) is 3.22. The highest BCUT2D eigenvalue weighted by Crippen LogP contribution is 2.49. The first-order valence-corrected chi connectivity index (χ1v) is 8.84. The van der Waals surface area contributed by atoms with Gasteiger partial charge in [-0.25, -0.2) is 8.78 Å².